The van der Waals surface area contributed by atoms with E-state index < -0.39 is 0 Å². The Hall–Kier alpha value is -1.35. The molecule has 0 radical (unpaired) electrons. The van der Waals surface area contributed by atoms with Crippen LogP contribution in [0, 0.1) is 6.92 Å². The van der Waals surface area contributed by atoms with Crippen LogP contribution in [-0.4, -0.2) is 18.1 Å². The van der Waals surface area contributed by atoms with Gasteiger partial charge in [-0.2, -0.15) is 0 Å². The molecule has 1 aromatic rings. The van der Waals surface area contributed by atoms with Crippen LogP contribution in [0.3, 0.4) is 0 Å². The fourth-order valence-corrected chi connectivity index (χ4v) is 1.57. The van der Waals surface area contributed by atoms with Gasteiger partial charge in [0.1, 0.15) is 5.82 Å². The van der Waals surface area contributed by atoms with E-state index in [1.807, 2.05) is 6.92 Å². The summed E-state index contributed by atoms with van der Waals surface area (Å²) in [6, 6.07) is 2.08. The quantitative estimate of drug-likeness (QED) is 0.748. The SMILES string of the molecule is CCNCCC=C(C)c1cc(C)cnc1N. The Labute approximate surface area is 97.8 Å². The number of nitrogen functional groups attached to an aromatic ring is 1. The van der Waals surface area contributed by atoms with Gasteiger partial charge in [-0.3, -0.25) is 0 Å². The maximum atomic E-state index is 5.85. The molecule has 0 atom stereocenters. The third-order valence-electron chi connectivity index (χ3n) is 2.50. The van der Waals surface area contributed by atoms with Gasteiger partial charge in [0.2, 0.25) is 0 Å². The average molecular weight is 219 g/mol. The summed E-state index contributed by atoms with van der Waals surface area (Å²) in [7, 11) is 0. The van der Waals surface area contributed by atoms with Gasteiger partial charge < -0.3 is 11.1 Å². The van der Waals surface area contributed by atoms with E-state index in [-0.39, 0.29) is 0 Å². The van der Waals surface area contributed by atoms with E-state index in [4.69, 9.17) is 5.73 Å². The highest BCUT2D eigenvalue weighted by Gasteiger charge is 2.02. The van der Waals surface area contributed by atoms with Gasteiger partial charge >= 0.3 is 0 Å². The number of hydrogen-bond acceptors (Lipinski definition) is 3. The summed E-state index contributed by atoms with van der Waals surface area (Å²) in [6.45, 7) is 8.24. The zero-order valence-electron chi connectivity index (χ0n) is 10.4. The van der Waals surface area contributed by atoms with Crippen LogP contribution in [0.2, 0.25) is 0 Å². The van der Waals surface area contributed by atoms with Gasteiger partial charge in [-0.15, -0.1) is 0 Å². The number of nitrogens with zero attached hydrogens (tertiary/aromatic N) is 1. The summed E-state index contributed by atoms with van der Waals surface area (Å²) >= 11 is 0. The highest BCUT2D eigenvalue weighted by Crippen LogP contribution is 2.20. The van der Waals surface area contributed by atoms with Crippen LogP contribution < -0.4 is 11.1 Å². The van der Waals surface area contributed by atoms with Crippen molar-refractivity contribution in [2.75, 3.05) is 18.8 Å². The summed E-state index contributed by atoms with van der Waals surface area (Å²) in [6.07, 6.45) is 5.02. The molecule has 0 amide bonds. The number of nitrogens with one attached hydrogen (secondary N) is 1. The third-order valence-corrected chi connectivity index (χ3v) is 2.50. The topological polar surface area (TPSA) is 50.9 Å². The normalized spacial score (nSPS) is 11.8. The number of aromatic nitrogens is 1. The number of rotatable bonds is 5. The van der Waals surface area contributed by atoms with E-state index in [1.54, 1.807) is 6.20 Å². The maximum Gasteiger partial charge on any atom is 0.130 e. The van der Waals surface area contributed by atoms with Crippen molar-refractivity contribution in [2.24, 2.45) is 0 Å². The minimum atomic E-state index is 0.614. The predicted molar refractivity (Wildman–Crippen MR) is 70.2 cm³/mol. The molecule has 0 saturated heterocycles. The van der Waals surface area contributed by atoms with E-state index in [1.165, 1.54) is 5.57 Å². The minimum absolute atomic E-state index is 0.614. The second kappa shape index (κ2) is 6.28. The summed E-state index contributed by atoms with van der Waals surface area (Å²) in [5.74, 6) is 0.614. The van der Waals surface area contributed by atoms with Crippen molar-refractivity contribution in [3.63, 3.8) is 0 Å². The lowest BCUT2D eigenvalue weighted by Gasteiger charge is -2.06. The van der Waals surface area contributed by atoms with Crippen LogP contribution >= 0.6 is 0 Å². The lowest BCUT2D eigenvalue weighted by atomic mass is 10.1. The molecular weight excluding hydrogens is 198 g/mol. The highest BCUT2D eigenvalue weighted by atomic mass is 14.8. The molecule has 3 nitrogen and oxygen atoms in total. The van der Waals surface area contributed by atoms with Crippen molar-refractivity contribution in [3.05, 3.63) is 29.5 Å². The molecule has 3 N–H and O–H groups in total. The molecule has 3 heteroatoms. The smallest absolute Gasteiger partial charge is 0.130 e. The Bertz CT molecular complexity index is 369. The van der Waals surface area contributed by atoms with Crippen LogP contribution in [0.1, 0.15) is 31.4 Å². The van der Waals surface area contributed by atoms with Gasteiger partial charge in [-0.1, -0.05) is 13.0 Å². The van der Waals surface area contributed by atoms with E-state index >= 15 is 0 Å². The van der Waals surface area contributed by atoms with Gasteiger partial charge in [0, 0.05) is 11.8 Å². The van der Waals surface area contributed by atoms with E-state index in [0.29, 0.717) is 5.82 Å². The molecule has 0 saturated carbocycles. The molecule has 0 aliphatic carbocycles. The molecular formula is C13H21N3. The molecule has 0 fully saturated rings. The summed E-state index contributed by atoms with van der Waals surface area (Å²) in [5.41, 5.74) is 9.25. The fraction of sp³-hybridized carbons (Fsp3) is 0.462. The molecule has 1 aromatic heterocycles. The van der Waals surface area contributed by atoms with Gasteiger partial charge in [0.05, 0.1) is 0 Å². The zero-order valence-corrected chi connectivity index (χ0v) is 10.4. The molecule has 0 aliphatic heterocycles. The summed E-state index contributed by atoms with van der Waals surface area (Å²) in [4.78, 5) is 4.17. The second-order valence-electron chi connectivity index (χ2n) is 3.97. The molecule has 0 aliphatic rings. The number of anilines is 1. The first-order chi connectivity index (χ1) is 7.65. The molecule has 0 unspecified atom stereocenters. The summed E-state index contributed by atoms with van der Waals surface area (Å²) < 4.78 is 0. The molecule has 0 bridgehead atoms. The molecule has 1 heterocycles. The Kier molecular flexibility index (Phi) is 4.99. The van der Waals surface area contributed by atoms with Gasteiger partial charge in [0.15, 0.2) is 0 Å². The number of aryl methyl sites for hydroxylation is 1. The van der Waals surface area contributed by atoms with Crippen molar-refractivity contribution in [3.8, 4) is 0 Å². The molecule has 88 valence electrons. The van der Waals surface area contributed by atoms with Crippen LogP contribution in [-0.2, 0) is 0 Å². The number of pyridine rings is 1. The van der Waals surface area contributed by atoms with Crippen LogP contribution in [0.15, 0.2) is 18.3 Å². The molecule has 16 heavy (non-hydrogen) atoms. The first-order valence-corrected chi connectivity index (χ1v) is 5.75. The Morgan fingerprint density at radius 1 is 1.56 bits per heavy atom. The van der Waals surface area contributed by atoms with E-state index in [2.05, 4.69) is 36.3 Å². The first kappa shape index (κ1) is 12.7. The van der Waals surface area contributed by atoms with Gasteiger partial charge in [-0.05, 0) is 50.6 Å². The van der Waals surface area contributed by atoms with Crippen molar-refractivity contribution in [1.82, 2.24) is 10.3 Å². The van der Waals surface area contributed by atoms with Crippen molar-refractivity contribution < 1.29 is 0 Å². The van der Waals surface area contributed by atoms with E-state index in [0.717, 1.165) is 30.6 Å². The maximum absolute atomic E-state index is 5.85. The number of nitrogens with two attached hydrogens (primary N) is 1. The lowest BCUT2D eigenvalue weighted by Crippen LogP contribution is -2.13. The highest BCUT2D eigenvalue weighted by molar-refractivity contribution is 5.71. The van der Waals surface area contributed by atoms with Crippen molar-refractivity contribution in [1.29, 1.82) is 0 Å². The monoisotopic (exact) mass is 219 g/mol. The predicted octanol–water partition coefficient (Wildman–Crippen LogP) is 2.38. The zero-order chi connectivity index (χ0) is 12.0. The number of allylic oxidation sites excluding steroid dienone is 1. The second-order valence-corrected chi connectivity index (χ2v) is 3.97. The van der Waals surface area contributed by atoms with Crippen LogP contribution in [0.4, 0.5) is 5.82 Å². The van der Waals surface area contributed by atoms with Crippen molar-refractivity contribution >= 4 is 11.4 Å². The van der Waals surface area contributed by atoms with Crippen LogP contribution in [0.5, 0.6) is 0 Å². The minimum Gasteiger partial charge on any atom is -0.383 e. The molecule has 0 aromatic carbocycles. The van der Waals surface area contributed by atoms with Gasteiger partial charge in [-0.25, -0.2) is 4.98 Å². The molecule has 1 rings (SSSR count). The largest absolute Gasteiger partial charge is 0.383 e. The van der Waals surface area contributed by atoms with Gasteiger partial charge in [0.25, 0.3) is 0 Å². The van der Waals surface area contributed by atoms with Crippen LogP contribution in [0.25, 0.3) is 5.57 Å². The van der Waals surface area contributed by atoms with E-state index in [9.17, 15) is 0 Å². The fourth-order valence-electron chi connectivity index (χ4n) is 1.57. The Balaban J connectivity index is 2.71. The summed E-state index contributed by atoms with van der Waals surface area (Å²) in [5, 5.41) is 3.29. The lowest BCUT2D eigenvalue weighted by molar-refractivity contribution is 0.727. The Morgan fingerprint density at radius 3 is 3.00 bits per heavy atom. The average Bonchev–Trinajstić information content (AvgIpc) is 2.27. The van der Waals surface area contributed by atoms with Crippen molar-refractivity contribution in [2.45, 2.75) is 27.2 Å². The third kappa shape index (κ3) is 3.66. The first-order valence-electron chi connectivity index (χ1n) is 5.75. The molecule has 0 spiro atoms. The number of hydrogen-bond donors (Lipinski definition) is 2. The standard InChI is InChI=1S/C13H21N3/c1-4-15-7-5-6-11(3)12-8-10(2)9-16-13(12)14/h6,8-9,15H,4-5,7H2,1-3H3,(H2,14,16). The Morgan fingerprint density at radius 2 is 2.31 bits per heavy atom.